The number of ether oxygens (including phenoxy) is 1. The first-order chi connectivity index (χ1) is 9.03. The van der Waals surface area contributed by atoms with Gasteiger partial charge in [0.2, 0.25) is 0 Å². The fraction of sp³-hybridized carbons (Fsp3) is 0.667. The van der Waals surface area contributed by atoms with Gasteiger partial charge in [0.1, 0.15) is 6.61 Å². The standard InChI is InChI=1S/C6H4F9O5P/c7-2(8)3(9)20-6(14,15)5(12,13)4(10,11)1-19-21(16,17)18/h1H2,(H2,16,17,18). The molecule has 0 saturated heterocycles. The van der Waals surface area contributed by atoms with E-state index in [4.69, 9.17) is 9.79 Å². The van der Waals surface area contributed by atoms with Gasteiger partial charge in [-0.25, -0.2) is 4.57 Å². The van der Waals surface area contributed by atoms with Crippen LogP contribution >= 0.6 is 7.82 Å². The molecule has 0 aliphatic carbocycles. The quantitative estimate of drug-likeness (QED) is 0.416. The van der Waals surface area contributed by atoms with E-state index in [1.54, 1.807) is 0 Å². The van der Waals surface area contributed by atoms with Crippen molar-refractivity contribution in [3.8, 4) is 0 Å². The Hall–Kier alpha value is -0.980. The zero-order valence-corrected chi connectivity index (χ0v) is 10.1. The van der Waals surface area contributed by atoms with Crippen molar-refractivity contribution in [2.45, 2.75) is 18.0 Å². The molecule has 0 rings (SSSR count). The molecule has 0 atom stereocenters. The van der Waals surface area contributed by atoms with Crippen LogP contribution in [0.5, 0.6) is 0 Å². The molecule has 0 fully saturated rings. The van der Waals surface area contributed by atoms with E-state index in [0.717, 1.165) is 0 Å². The zero-order valence-electron chi connectivity index (χ0n) is 9.18. The van der Waals surface area contributed by atoms with Crippen molar-refractivity contribution >= 4 is 7.82 Å². The molecule has 2 N–H and O–H groups in total. The molecule has 126 valence electrons. The molecule has 0 aromatic carbocycles. The lowest BCUT2D eigenvalue weighted by Crippen LogP contribution is -2.57. The second-order valence-corrected chi connectivity index (χ2v) is 4.44. The van der Waals surface area contributed by atoms with Crippen LogP contribution in [-0.2, 0) is 13.8 Å². The molecule has 0 spiro atoms. The van der Waals surface area contributed by atoms with Gasteiger partial charge >= 0.3 is 37.9 Å². The zero-order chi connectivity index (χ0) is 17.3. The predicted octanol–water partition coefficient (Wildman–Crippen LogP) is 3.01. The lowest BCUT2D eigenvalue weighted by Gasteiger charge is -2.31. The third kappa shape index (κ3) is 5.05. The van der Waals surface area contributed by atoms with E-state index in [9.17, 15) is 44.1 Å². The Bertz CT molecular complexity index is 454. The fourth-order valence-corrected chi connectivity index (χ4v) is 1.01. The van der Waals surface area contributed by atoms with E-state index >= 15 is 0 Å². The van der Waals surface area contributed by atoms with Crippen molar-refractivity contribution in [3.05, 3.63) is 12.1 Å². The first-order valence-corrected chi connectivity index (χ1v) is 5.80. The number of halogens is 9. The molecule has 5 nitrogen and oxygen atoms in total. The SMILES string of the molecule is O=P(O)(O)OCC(F)(F)C(F)(F)C(F)(F)OC(F)=C(F)F. The van der Waals surface area contributed by atoms with Crippen LogP contribution < -0.4 is 0 Å². The maximum absolute atomic E-state index is 12.8. The number of hydrogen-bond acceptors (Lipinski definition) is 3. The van der Waals surface area contributed by atoms with E-state index in [0.29, 0.717) is 0 Å². The highest BCUT2D eigenvalue weighted by atomic mass is 31.2. The summed E-state index contributed by atoms with van der Waals surface area (Å²) in [6.07, 6.45) is -10.1. The van der Waals surface area contributed by atoms with Gasteiger partial charge < -0.3 is 14.5 Å². The molecule has 21 heavy (non-hydrogen) atoms. The number of rotatable bonds is 7. The van der Waals surface area contributed by atoms with Crippen molar-refractivity contribution in [2.75, 3.05) is 6.61 Å². The smallest absolute Gasteiger partial charge is 0.397 e. The summed E-state index contributed by atoms with van der Waals surface area (Å²) in [5.74, 6) is -12.6. The minimum Gasteiger partial charge on any atom is -0.397 e. The van der Waals surface area contributed by atoms with Crippen molar-refractivity contribution in [2.24, 2.45) is 0 Å². The lowest BCUT2D eigenvalue weighted by atomic mass is 10.1. The molecule has 0 unspecified atom stereocenters. The molecular weight excluding hydrogens is 354 g/mol. The summed E-state index contributed by atoms with van der Waals surface area (Å²) in [6.45, 7) is -2.92. The van der Waals surface area contributed by atoms with Crippen molar-refractivity contribution in [1.29, 1.82) is 0 Å². The maximum Gasteiger partial charge on any atom is 0.472 e. The molecule has 0 aliphatic heterocycles. The highest BCUT2D eigenvalue weighted by Crippen LogP contribution is 2.49. The summed E-state index contributed by atoms with van der Waals surface area (Å²) in [4.78, 5) is 16.0. The minimum absolute atomic E-state index is 2.13. The van der Waals surface area contributed by atoms with Crippen LogP contribution in [0.2, 0.25) is 0 Å². The summed E-state index contributed by atoms with van der Waals surface area (Å²) in [5.41, 5.74) is 0. The molecule has 0 amide bonds. The predicted molar refractivity (Wildman–Crippen MR) is 44.3 cm³/mol. The second kappa shape index (κ2) is 6.02. The van der Waals surface area contributed by atoms with E-state index in [2.05, 4.69) is 9.26 Å². The Morgan fingerprint density at radius 1 is 1.00 bits per heavy atom. The van der Waals surface area contributed by atoms with Gasteiger partial charge in [0.15, 0.2) is 0 Å². The van der Waals surface area contributed by atoms with Gasteiger partial charge in [-0.15, -0.1) is 0 Å². The third-order valence-corrected chi connectivity index (χ3v) is 2.07. The Kier molecular flexibility index (Phi) is 5.74. The summed E-state index contributed by atoms with van der Waals surface area (Å²) in [7, 11) is -5.73. The first kappa shape index (κ1) is 20.0. The largest absolute Gasteiger partial charge is 0.472 e. The van der Waals surface area contributed by atoms with E-state index < -0.39 is 44.5 Å². The van der Waals surface area contributed by atoms with Gasteiger partial charge in [0.05, 0.1) is 0 Å². The fourth-order valence-electron chi connectivity index (χ4n) is 0.684. The molecule has 0 aromatic heterocycles. The molecule has 0 bridgehead atoms. The summed E-state index contributed by atoms with van der Waals surface area (Å²) in [5, 5.41) is 0. The van der Waals surface area contributed by atoms with Crippen LogP contribution in [0, 0.1) is 0 Å². The molecule has 0 heterocycles. The first-order valence-electron chi connectivity index (χ1n) is 4.27. The summed E-state index contributed by atoms with van der Waals surface area (Å²) in [6, 6.07) is -3.54. The third-order valence-electron chi connectivity index (χ3n) is 1.61. The number of hydrogen-bond donors (Lipinski definition) is 2. The van der Waals surface area contributed by atoms with Crippen LogP contribution in [0.25, 0.3) is 0 Å². The van der Waals surface area contributed by atoms with Gasteiger partial charge in [0, 0.05) is 0 Å². The topological polar surface area (TPSA) is 76.0 Å². The van der Waals surface area contributed by atoms with Gasteiger partial charge in [-0.3, -0.25) is 4.52 Å². The number of phosphoric ester groups is 1. The Morgan fingerprint density at radius 3 is 1.76 bits per heavy atom. The Morgan fingerprint density at radius 2 is 1.43 bits per heavy atom. The van der Waals surface area contributed by atoms with Gasteiger partial charge in [-0.05, 0) is 0 Å². The molecule has 0 aliphatic rings. The summed E-state index contributed by atoms with van der Waals surface area (Å²) < 4.78 is 126. The van der Waals surface area contributed by atoms with Crippen molar-refractivity contribution in [1.82, 2.24) is 0 Å². The Balaban J connectivity index is 5.32. The van der Waals surface area contributed by atoms with Crippen LogP contribution in [0.15, 0.2) is 12.1 Å². The average molecular weight is 358 g/mol. The van der Waals surface area contributed by atoms with Crippen LogP contribution in [-0.4, -0.2) is 34.3 Å². The normalized spacial score (nSPS) is 14.0. The monoisotopic (exact) mass is 358 g/mol. The Labute approximate surface area is 109 Å². The van der Waals surface area contributed by atoms with E-state index in [-0.39, 0.29) is 0 Å². The second-order valence-electron chi connectivity index (χ2n) is 3.20. The van der Waals surface area contributed by atoms with Gasteiger partial charge in [0.25, 0.3) is 0 Å². The summed E-state index contributed by atoms with van der Waals surface area (Å²) >= 11 is 0. The minimum atomic E-state index is -6.64. The van der Waals surface area contributed by atoms with Crippen LogP contribution in [0.1, 0.15) is 0 Å². The van der Waals surface area contributed by atoms with E-state index in [1.807, 2.05) is 0 Å². The molecule has 0 radical (unpaired) electrons. The van der Waals surface area contributed by atoms with Crippen molar-refractivity contribution < 1.29 is 63.1 Å². The van der Waals surface area contributed by atoms with Crippen LogP contribution in [0.4, 0.5) is 39.5 Å². The molecule has 0 saturated carbocycles. The van der Waals surface area contributed by atoms with Gasteiger partial charge in [-0.1, -0.05) is 0 Å². The highest BCUT2D eigenvalue weighted by Gasteiger charge is 2.75. The number of phosphoric acid groups is 1. The average Bonchev–Trinajstić information content (AvgIpc) is 2.24. The molecule has 0 aromatic rings. The lowest BCUT2D eigenvalue weighted by molar-refractivity contribution is -0.395. The van der Waals surface area contributed by atoms with Crippen LogP contribution in [0.3, 0.4) is 0 Å². The maximum atomic E-state index is 12.8. The van der Waals surface area contributed by atoms with E-state index in [1.165, 1.54) is 0 Å². The molecular formula is C6H4F9O5P. The number of alkyl halides is 6. The van der Waals surface area contributed by atoms with Crippen molar-refractivity contribution in [3.63, 3.8) is 0 Å². The highest BCUT2D eigenvalue weighted by molar-refractivity contribution is 7.46. The molecule has 15 heteroatoms. The van der Waals surface area contributed by atoms with Gasteiger partial charge in [-0.2, -0.15) is 39.5 Å².